The summed E-state index contributed by atoms with van der Waals surface area (Å²) in [5, 5.41) is 14.1. The number of aliphatic carboxylic acids is 1. The van der Waals surface area contributed by atoms with E-state index in [1.807, 2.05) is 13.0 Å². The van der Waals surface area contributed by atoms with E-state index in [1.165, 1.54) is 0 Å². The van der Waals surface area contributed by atoms with E-state index in [-0.39, 0.29) is 12.6 Å². The summed E-state index contributed by atoms with van der Waals surface area (Å²) in [6.45, 7) is 2.29. The zero-order valence-electron chi connectivity index (χ0n) is 10.2. The van der Waals surface area contributed by atoms with E-state index in [0.29, 0.717) is 25.1 Å². The lowest BCUT2D eigenvalue weighted by molar-refractivity contribution is -0.143. The number of nitrogens with one attached hydrogen (secondary N) is 2. The minimum Gasteiger partial charge on any atom is -0.481 e. The number of amides is 2. The second-order valence-corrected chi connectivity index (χ2v) is 4.63. The third kappa shape index (κ3) is 2.82. The van der Waals surface area contributed by atoms with Crippen molar-refractivity contribution in [3.05, 3.63) is 23.7 Å². The number of carboxylic acids is 1. The molecule has 1 fully saturated rings. The van der Waals surface area contributed by atoms with E-state index >= 15 is 0 Å². The van der Waals surface area contributed by atoms with Gasteiger partial charge in [0.25, 0.3) is 0 Å². The Bertz CT molecular complexity index is 462. The van der Waals surface area contributed by atoms with Crippen molar-refractivity contribution in [1.82, 2.24) is 10.6 Å². The van der Waals surface area contributed by atoms with Gasteiger partial charge in [-0.15, -0.1) is 0 Å². The van der Waals surface area contributed by atoms with Crippen molar-refractivity contribution in [1.29, 1.82) is 0 Å². The van der Waals surface area contributed by atoms with Crippen molar-refractivity contribution in [2.24, 2.45) is 5.41 Å². The van der Waals surface area contributed by atoms with Crippen LogP contribution in [0.25, 0.3) is 0 Å². The van der Waals surface area contributed by atoms with Gasteiger partial charge >= 0.3 is 12.0 Å². The molecule has 1 saturated carbocycles. The zero-order valence-corrected chi connectivity index (χ0v) is 10.2. The molecular weight excluding hydrogens is 236 g/mol. The summed E-state index contributed by atoms with van der Waals surface area (Å²) in [7, 11) is 0. The van der Waals surface area contributed by atoms with Crippen LogP contribution in [0.3, 0.4) is 0 Å². The van der Waals surface area contributed by atoms with Gasteiger partial charge in [-0.3, -0.25) is 4.79 Å². The van der Waals surface area contributed by atoms with Gasteiger partial charge in [-0.25, -0.2) is 4.79 Å². The molecular formula is C12H16N2O4. The van der Waals surface area contributed by atoms with Crippen LogP contribution in [-0.4, -0.2) is 23.7 Å². The molecule has 0 atom stereocenters. The highest BCUT2D eigenvalue weighted by Crippen LogP contribution is 2.45. The smallest absolute Gasteiger partial charge is 0.315 e. The Morgan fingerprint density at radius 2 is 2.11 bits per heavy atom. The minimum atomic E-state index is -0.843. The second kappa shape index (κ2) is 4.72. The van der Waals surface area contributed by atoms with Gasteiger partial charge in [-0.1, -0.05) is 0 Å². The van der Waals surface area contributed by atoms with Gasteiger partial charge in [-0.05, 0) is 31.9 Å². The van der Waals surface area contributed by atoms with Crippen LogP contribution < -0.4 is 10.6 Å². The monoisotopic (exact) mass is 252 g/mol. The first-order chi connectivity index (χ1) is 8.52. The first-order valence-corrected chi connectivity index (χ1v) is 5.82. The molecule has 3 N–H and O–H groups in total. The zero-order chi connectivity index (χ0) is 13.2. The topological polar surface area (TPSA) is 91.6 Å². The maximum atomic E-state index is 11.5. The van der Waals surface area contributed by atoms with Crippen molar-refractivity contribution in [3.63, 3.8) is 0 Å². The predicted octanol–water partition coefficient (Wildman–Crippen LogP) is 1.25. The molecule has 2 amide bonds. The van der Waals surface area contributed by atoms with Crippen LogP contribution in [0.5, 0.6) is 0 Å². The van der Waals surface area contributed by atoms with Crippen LogP contribution in [0.4, 0.5) is 4.79 Å². The molecule has 0 unspecified atom stereocenters. The second-order valence-electron chi connectivity index (χ2n) is 4.63. The molecule has 0 aromatic carbocycles. The van der Waals surface area contributed by atoms with Crippen molar-refractivity contribution in [2.75, 3.05) is 6.54 Å². The van der Waals surface area contributed by atoms with E-state index in [0.717, 1.165) is 5.76 Å². The summed E-state index contributed by atoms with van der Waals surface area (Å²) in [6, 6.07) is 3.23. The lowest BCUT2D eigenvalue weighted by Crippen LogP contribution is -2.40. The fraction of sp³-hybridized carbons (Fsp3) is 0.500. The minimum absolute atomic E-state index is 0.172. The predicted molar refractivity (Wildman–Crippen MR) is 63.0 cm³/mol. The average molecular weight is 252 g/mol. The Kier molecular flexibility index (Phi) is 3.27. The van der Waals surface area contributed by atoms with Gasteiger partial charge in [0.15, 0.2) is 0 Å². The first-order valence-electron chi connectivity index (χ1n) is 5.82. The Hall–Kier alpha value is -1.98. The first kappa shape index (κ1) is 12.5. The van der Waals surface area contributed by atoms with Crippen LogP contribution in [0.1, 0.15) is 24.4 Å². The third-order valence-electron chi connectivity index (χ3n) is 3.11. The SMILES string of the molecule is Cc1ccc(CNC(=O)NCC2(C(=O)O)CC2)o1. The number of hydrogen-bond donors (Lipinski definition) is 3. The molecule has 0 aliphatic heterocycles. The number of carboxylic acid groups (broad SMARTS) is 1. The number of urea groups is 1. The number of rotatable bonds is 5. The summed E-state index contributed by atoms with van der Waals surface area (Å²) >= 11 is 0. The van der Waals surface area contributed by atoms with E-state index in [1.54, 1.807) is 6.07 Å². The Morgan fingerprint density at radius 1 is 1.39 bits per heavy atom. The van der Waals surface area contributed by atoms with Crippen LogP contribution in [0, 0.1) is 12.3 Å². The molecule has 6 heteroatoms. The lowest BCUT2D eigenvalue weighted by Gasteiger charge is -2.11. The highest BCUT2D eigenvalue weighted by atomic mass is 16.4. The highest BCUT2D eigenvalue weighted by molar-refractivity contribution is 5.80. The maximum Gasteiger partial charge on any atom is 0.315 e. The molecule has 0 radical (unpaired) electrons. The summed E-state index contributed by atoms with van der Waals surface area (Å²) in [6.07, 6.45) is 1.25. The molecule has 1 aliphatic rings. The number of aryl methyl sites for hydroxylation is 1. The molecule has 0 spiro atoms. The summed E-state index contributed by atoms with van der Waals surface area (Å²) in [4.78, 5) is 22.4. The van der Waals surface area contributed by atoms with E-state index in [9.17, 15) is 9.59 Å². The molecule has 6 nitrogen and oxygen atoms in total. The van der Waals surface area contributed by atoms with Gasteiger partial charge in [0.1, 0.15) is 11.5 Å². The van der Waals surface area contributed by atoms with Gasteiger partial charge < -0.3 is 20.2 Å². The van der Waals surface area contributed by atoms with Crippen molar-refractivity contribution in [2.45, 2.75) is 26.3 Å². The molecule has 0 bridgehead atoms. The normalized spacial score (nSPS) is 16.1. The number of furan rings is 1. The average Bonchev–Trinajstić information content (AvgIpc) is 3.02. The maximum absolute atomic E-state index is 11.5. The van der Waals surface area contributed by atoms with Gasteiger partial charge in [0.05, 0.1) is 12.0 Å². The molecule has 18 heavy (non-hydrogen) atoms. The molecule has 1 aromatic rings. The molecule has 1 aromatic heterocycles. The number of carbonyl (C=O) groups is 2. The van der Waals surface area contributed by atoms with Crippen LogP contribution in [0.15, 0.2) is 16.5 Å². The van der Waals surface area contributed by atoms with E-state index in [4.69, 9.17) is 9.52 Å². The largest absolute Gasteiger partial charge is 0.481 e. The number of hydrogen-bond acceptors (Lipinski definition) is 3. The fourth-order valence-electron chi connectivity index (χ4n) is 1.68. The fourth-order valence-corrected chi connectivity index (χ4v) is 1.68. The highest BCUT2D eigenvalue weighted by Gasteiger charge is 2.50. The molecule has 1 aliphatic carbocycles. The molecule has 1 heterocycles. The van der Waals surface area contributed by atoms with Crippen LogP contribution in [0.2, 0.25) is 0 Å². The van der Waals surface area contributed by atoms with Gasteiger partial charge in [-0.2, -0.15) is 0 Å². The molecule has 0 saturated heterocycles. The summed E-state index contributed by atoms with van der Waals surface area (Å²) < 4.78 is 5.29. The molecule has 98 valence electrons. The standard InChI is InChI=1S/C12H16N2O4/c1-8-2-3-9(18-8)6-13-11(17)14-7-12(4-5-12)10(15)16/h2-3H,4-7H2,1H3,(H,15,16)(H2,13,14,17). The third-order valence-corrected chi connectivity index (χ3v) is 3.11. The van der Waals surface area contributed by atoms with Crippen molar-refractivity contribution < 1.29 is 19.1 Å². The van der Waals surface area contributed by atoms with E-state index in [2.05, 4.69) is 10.6 Å². The Morgan fingerprint density at radius 3 is 2.61 bits per heavy atom. The molecule has 2 rings (SSSR count). The Balaban J connectivity index is 1.71. The quantitative estimate of drug-likeness (QED) is 0.735. The van der Waals surface area contributed by atoms with Gasteiger partial charge in [0.2, 0.25) is 0 Å². The Labute approximate surface area is 104 Å². The van der Waals surface area contributed by atoms with Crippen molar-refractivity contribution >= 4 is 12.0 Å². The summed E-state index contributed by atoms with van der Waals surface area (Å²) in [5.41, 5.74) is -0.737. The lowest BCUT2D eigenvalue weighted by atomic mass is 10.1. The summed E-state index contributed by atoms with van der Waals surface area (Å²) in [5.74, 6) is 0.612. The van der Waals surface area contributed by atoms with Gasteiger partial charge in [0, 0.05) is 6.54 Å². The number of carbonyl (C=O) groups excluding carboxylic acids is 1. The van der Waals surface area contributed by atoms with Crippen molar-refractivity contribution in [3.8, 4) is 0 Å². The van der Waals surface area contributed by atoms with E-state index < -0.39 is 11.4 Å². The van der Waals surface area contributed by atoms with Crippen LogP contribution in [-0.2, 0) is 11.3 Å². The van der Waals surface area contributed by atoms with Crippen LogP contribution >= 0.6 is 0 Å².